The number of hydrogen-bond donors (Lipinski definition) is 2. The van der Waals surface area contributed by atoms with Gasteiger partial charge in [0.05, 0.1) is 0 Å². The number of anilines is 2. The Morgan fingerprint density at radius 3 is 2.50 bits per heavy atom. The van der Waals surface area contributed by atoms with Crippen LogP contribution in [0.25, 0.3) is 0 Å². The summed E-state index contributed by atoms with van der Waals surface area (Å²) in [6, 6.07) is 0. The molecule has 0 fully saturated rings. The molecule has 0 amide bonds. The lowest BCUT2D eigenvalue weighted by Gasteiger charge is -2.14. The van der Waals surface area contributed by atoms with E-state index in [1.54, 1.807) is 6.19 Å². The van der Waals surface area contributed by atoms with E-state index in [1.165, 1.54) is 18.7 Å². The Labute approximate surface area is 105 Å². The lowest BCUT2D eigenvalue weighted by molar-refractivity contribution is 0.692. The Morgan fingerprint density at radius 1 is 1.28 bits per heavy atom. The van der Waals surface area contributed by atoms with Gasteiger partial charge in [-0.2, -0.15) is 5.26 Å². The van der Waals surface area contributed by atoms with Gasteiger partial charge in [0.15, 0.2) is 12.0 Å². The summed E-state index contributed by atoms with van der Waals surface area (Å²) in [6.45, 7) is 2.65. The molecule has 0 saturated heterocycles. The van der Waals surface area contributed by atoms with Gasteiger partial charge in [-0.25, -0.2) is 4.79 Å². The van der Waals surface area contributed by atoms with Crippen LogP contribution in [0.1, 0.15) is 19.8 Å². The van der Waals surface area contributed by atoms with Crippen LogP contribution in [0.15, 0.2) is 9.59 Å². The number of rotatable bonds is 5. The molecule has 2 N–H and O–H groups in total. The minimum atomic E-state index is -0.473. The number of unbranched alkanes of at least 4 members (excludes halogenated alkanes) is 1. The molecule has 0 aliphatic carbocycles. The van der Waals surface area contributed by atoms with E-state index in [1.807, 2.05) is 6.92 Å². The summed E-state index contributed by atoms with van der Waals surface area (Å²) in [6.07, 6.45) is 3.62. The van der Waals surface area contributed by atoms with Crippen LogP contribution < -0.4 is 21.9 Å². The summed E-state index contributed by atoms with van der Waals surface area (Å²) in [5, 5.41) is 14.0. The van der Waals surface area contributed by atoms with Crippen LogP contribution in [0, 0.1) is 11.5 Å². The highest BCUT2D eigenvalue weighted by molar-refractivity contribution is 5.65. The van der Waals surface area contributed by atoms with Crippen LogP contribution in [0.4, 0.5) is 11.5 Å². The van der Waals surface area contributed by atoms with E-state index >= 15 is 0 Å². The van der Waals surface area contributed by atoms with Gasteiger partial charge in [0.2, 0.25) is 0 Å². The monoisotopic (exact) mass is 251 g/mol. The van der Waals surface area contributed by atoms with Crippen LogP contribution in [-0.2, 0) is 14.1 Å². The molecule has 1 aromatic heterocycles. The first-order chi connectivity index (χ1) is 8.54. The molecule has 0 spiro atoms. The molecule has 18 heavy (non-hydrogen) atoms. The van der Waals surface area contributed by atoms with Gasteiger partial charge < -0.3 is 5.32 Å². The number of hydrogen-bond acceptors (Lipinski definition) is 5. The maximum absolute atomic E-state index is 12.0. The van der Waals surface area contributed by atoms with Crippen LogP contribution in [0.5, 0.6) is 0 Å². The molecule has 1 aromatic rings. The summed E-state index contributed by atoms with van der Waals surface area (Å²) in [7, 11) is 2.91. The molecule has 0 unspecified atom stereocenters. The third-order valence-electron chi connectivity index (χ3n) is 2.67. The zero-order chi connectivity index (χ0) is 13.7. The lowest BCUT2D eigenvalue weighted by atomic mass is 10.3. The van der Waals surface area contributed by atoms with Gasteiger partial charge >= 0.3 is 5.69 Å². The second-order valence-corrected chi connectivity index (χ2v) is 3.95. The minimum Gasteiger partial charge on any atom is -0.378 e. The van der Waals surface area contributed by atoms with Gasteiger partial charge in [-0.05, 0) is 6.42 Å². The highest BCUT2D eigenvalue weighted by atomic mass is 16.2. The largest absolute Gasteiger partial charge is 0.378 e. The first-order valence-corrected chi connectivity index (χ1v) is 5.73. The molecule has 0 saturated carbocycles. The highest BCUT2D eigenvalue weighted by Gasteiger charge is 2.14. The van der Waals surface area contributed by atoms with Crippen molar-refractivity contribution in [3.63, 3.8) is 0 Å². The second kappa shape index (κ2) is 5.91. The first kappa shape index (κ1) is 13.8. The highest BCUT2D eigenvalue weighted by Crippen LogP contribution is 2.13. The van der Waals surface area contributed by atoms with E-state index < -0.39 is 11.2 Å². The van der Waals surface area contributed by atoms with Crippen LogP contribution >= 0.6 is 0 Å². The average Bonchev–Trinajstić information content (AvgIpc) is 2.37. The Kier molecular flexibility index (Phi) is 4.54. The molecule has 1 rings (SSSR count). The fraction of sp³-hybridized carbons (Fsp3) is 0.545. The summed E-state index contributed by atoms with van der Waals surface area (Å²) in [4.78, 5) is 23.7. The Balaban J connectivity index is 3.33. The predicted molar refractivity (Wildman–Crippen MR) is 69.6 cm³/mol. The van der Waals surface area contributed by atoms with Gasteiger partial charge in [0.1, 0.15) is 5.69 Å². The van der Waals surface area contributed by atoms with E-state index in [-0.39, 0.29) is 11.5 Å². The molecule has 0 bridgehead atoms. The number of aromatic nitrogens is 2. The topological polar surface area (TPSA) is 91.8 Å². The van der Waals surface area contributed by atoms with Crippen molar-refractivity contribution in [3.05, 3.63) is 20.8 Å². The molecule has 0 atom stereocenters. The van der Waals surface area contributed by atoms with Crippen LogP contribution in [-0.4, -0.2) is 15.7 Å². The maximum atomic E-state index is 12.0. The third kappa shape index (κ3) is 2.53. The van der Waals surface area contributed by atoms with Crippen molar-refractivity contribution >= 4 is 11.5 Å². The number of nitrogens with one attached hydrogen (secondary N) is 2. The number of nitriles is 1. The second-order valence-electron chi connectivity index (χ2n) is 3.95. The smallest absolute Gasteiger partial charge is 0.332 e. The Bertz CT molecular complexity index is 579. The summed E-state index contributed by atoms with van der Waals surface area (Å²) in [5.74, 6) is 0.196. The summed E-state index contributed by atoms with van der Waals surface area (Å²) in [5.41, 5.74) is -0.666. The van der Waals surface area contributed by atoms with Crippen molar-refractivity contribution in [1.29, 1.82) is 5.26 Å². The van der Waals surface area contributed by atoms with E-state index in [4.69, 9.17) is 5.26 Å². The van der Waals surface area contributed by atoms with Crippen molar-refractivity contribution in [2.24, 2.45) is 14.1 Å². The van der Waals surface area contributed by atoms with Gasteiger partial charge in [0, 0.05) is 20.6 Å². The van der Waals surface area contributed by atoms with Gasteiger partial charge in [-0.1, -0.05) is 13.3 Å². The zero-order valence-electron chi connectivity index (χ0n) is 10.8. The molecule has 0 radical (unpaired) electrons. The fourth-order valence-electron chi connectivity index (χ4n) is 1.59. The Morgan fingerprint density at radius 2 is 1.94 bits per heavy atom. The third-order valence-corrected chi connectivity index (χ3v) is 2.67. The van der Waals surface area contributed by atoms with Gasteiger partial charge in [-0.15, -0.1) is 0 Å². The molecule has 7 nitrogen and oxygen atoms in total. The first-order valence-electron chi connectivity index (χ1n) is 5.73. The fourth-order valence-corrected chi connectivity index (χ4v) is 1.59. The molecule has 7 heteroatoms. The SMILES string of the molecule is CCCCNc1c(NC#N)n(C)c(=O)n(C)c1=O. The van der Waals surface area contributed by atoms with Crippen molar-refractivity contribution < 1.29 is 0 Å². The molecular weight excluding hydrogens is 234 g/mol. The van der Waals surface area contributed by atoms with Gasteiger partial charge in [0.25, 0.3) is 5.56 Å². The molecule has 0 aliphatic heterocycles. The molecular formula is C11H17N5O2. The van der Waals surface area contributed by atoms with Crippen molar-refractivity contribution in [2.45, 2.75) is 19.8 Å². The zero-order valence-corrected chi connectivity index (χ0v) is 10.8. The van der Waals surface area contributed by atoms with Gasteiger partial charge in [-0.3, -0.25) is 19.2 Å². The lowest BCUT2D eigenvalue weighted by Crippen LogP contribution is -2.39. The van der Waals surface area contributed by atoms with E-state index in [0.29, 0.717) is 6.54 Å². The van der Waals surface area contributed by atoms with Crippen LogP contribution in [0.2, 0.25) is 0 Å². The predicted octanol–water partition coefficient (Wildman–Crippen LogP) is 0.189. The molecule has 98 valence electrons. The average molecular weight is 251 g/mol. The Hall–Kier alpha value is -2.23. The molecule has 0 aromatic carbocycles. The minimum absolute atomic E-state index is 0.196. The summed E-state index contributed by atoms with van der Waals surface area (Å²) >= 11 is 0. The van der Waals surface area contributed by atoms with Crippen molar-refractivity contribution in [3.8, 4) is 6.19 Å². The molecule has 1 heterocycles. The van der Waals surface area contributed by atoms with Crippen LogP contribution in [0.3, 0.4) is 0 Å². The van der Waals surface area contributed by atoms with E-state index in [9.17, 15) is 9.59 Å². The van der Waals surface area contributed by atoms with Crippen molar-refractivity contribution in [2.75, 3.05) is 17.2 Å². The normalized spacial score (nSPS) is 9.89. The maximum Gasteiger partial charge on any atom is 0.332 e. The number of nitrogens with zero attached hydrogens (tertiary/aromatic N) is 3. The van der Waals surface area contributed by atoms with E-state index in [0.717, 1.165) is 17.4 Å². The summed E-state index contributed by atoms with van der Waals surface area (Å²) < 4.78 is 2.25. The molecule has 0 aliphatic rings. The van der Waals surface area contributed by atoms with Crippen molar-refractivity contribution in [1.82, 2.24) is 9.13 Å². The quantitative estimate of drug-likeness (QED) is 0.443. The van der Waals surface area contributed by atoms with E-state index in [2.05, 4.69) is 10.6 Å². The standard InChI is InChI=1S/C11H17N5O2/c1-4-5-6-13-8-9(14-7-12)15(2)11(18)16(3)10(8)17/h13-14H,4-6H2,1-3H3.